The Morgan fingerprint density at radius 1 is 1.26 bits per heavy atom. The van der Waals surface area contributed by atoms with Gasteiger partial charge in [0.1, 0.15) is 11.4 Å². The molecule has 128 valence electrons. The number of nitrogens with one attached hydrogen (secondary N) is 1. The molecule has 0 bridgehead atoms. The van der Waals surface area contributed by atoms with E-state index in [2.05, 4.69) is 5.32 Å². The van der Waals surface area contributed by atoms with Gasteiger partial charge in [-0.25, -0.2) is 0 Å². The summed E-state index contributed by atoms with van der Waals surface area (Å²) in [6, 6.07) is 7.95. The molecular formula is C19H29NO3. The lowest BCUT2D eigenvalue weighted by atomic mass is 9.83. The molecular weight excluding hydrogens is 290 g/mol. The van der Waals surface area contributed by atoms with Gasteiger partial charge in [-0.15, -0.1) is 0 Å². The van der Waals surface area contributed by atoms with Crippen LogP contribution < -0.4 is 10.1 Å². The molecule has 1 saturated heterocycles. The second kappa shape index (κ2) is 8.34. The standard InChI is InChI=1S/C19H29NO3/c1-19(2,16-11-13-20-14-12-16)23-18(21)10-6-8-15-7-4-5-9-17(15)22-3/h4-5,7,9,16,20H,6,8,10-14H2,1-3H3. The van der Waals surface area contributed by atoms with Crippen LogP contribution in [0, 0.1) is 5.92 Å². The van der Waals surface area contributed by atoms with Gasteiger partial charge in [-0.1, -0.05) is 18.2 Å². The lowest BCUT2D eigenvalue weighted by Crippen LogP contribution is -2.42. The van der Waals surface area contributed by atoms with Crippen molar-refractivity contribution in [1.82, 2.24) is 5.32 Å². The fraction of sp³-hybridized carbons (Fsp3) is 0.632. The molecule has 1 heterocycles. The Balaban J connectivity index is 1.78. The predicted octanol–water partition coefficient (Wildman–Crippen LogP) is 3.34. The number of piperidine rings is 1. The highest BCUT2D eigenvalue weighted by Crippen LogP contribution is 2.29. The first-order valence-corrected chi connectivity index (χ1v) is 8.57. The normalized spacial score (nSPS) is 16.1. The summed E-state index contributed by atoms with van der Waals surface area (Å²) in [4.78, 5) is 12.2. The minimum atomic E-state index is -0.371. The molecule has 4 nitrogen and oxygen atoms in total. The van der Waals surface area contributed by atoms with Crippen molar-refractivity contribution in [1.29, 1.82) is 0 Å². The molecule has 0 saturated carbocycles. The summed E-state index contributed by atoms with van der Waals surface area (Å²) in [5.74, 6) is 1.24. The van der Waals surface area contributed by atoms with Crippen LogP contribution in [0.1, 0.15) is 45.1 Å². The van der Waals surface area contributed by atoms with E-state index in [1.807, 2.05) is 38.1 Å². The maximum absolute atomic E-state index is 12.2. The second-order valence-corrected chi connectivity index (χ2v) is 6.77. The van der Waals surface area contributed by atoms with Crippen molar-refractivity contribution in [2.24, 2.45) is 5.92 Å². The van der Waals surface area contributed by atoms with Gasteiger partial charge in [-0.05, 0) is 64.3 Å². The van der Waals surface area contributed by atoms with E-state index in [1.165, 1.54) is 0 Å². The van der Waals surface area contributed by atoms with Crippen LogP contribution in [0.3, 0.4) is 0 Å². The lowest BCUT2D eigenvalue weighted by molar-refractivity contribution is -0.162. The van der Waals surface area contributed by atoms with Gasteiger partial charge in [-0.2, -0.15) is 0 Å². The van der Waals surface area contributed by atoms with Gasteiger partial charge in [0.25, 0.3) is 0 Å². The third kappa shape index (κ3) is 5.24. The summed E-state index contributed by atoms with van der Waals surface area (Å²) in [5, 5.41) is 3.35. The molecule has 1 aromatic rings. The van der Waals surface area contributed by atoms with Crippen molar-refractivity contribution in [2.75, 3.05) is 20.2 Å². The maximum Gasteiger partial charge on any atom is 0.306 e. The quantitative estimate of drug-likeness (QED) is 0.783. The van der Waals surface area contributed by atoms with Crippen LogP contribution in [-0.2, 0) is 16.0 Å². The molecule has 0 unspecified atom stereocenters. The highest BCUT2D eigenvalue weighted by atomic mass is 16.6. The molecule has 0 atom stereocenters. The van der Waals surface area contributed by atoms with Gasteiger partial charge in [0.05, 0.1) is 7.11 Å². The minimum Gasteiger partial charge on any atom is -0.496 e. The molecule has 0 amide bonds. The highest BCUT2D eigenvalue weighted by molar-refractivity contribution is 5.69. The Kier molecular flexibility index (Phi) is 6.46. The Bertz CT molecular complexity index is 507. The molecule has 1 fully saturated rings. The first-order chi connectivity index (χ1) is 11.0. The van der Waals surface area contributed by atoms with E-state index < -0.39 is 0 Å². The van der Waals surface area contributed by atoms with Crippen LogP contribution in [0.15, 0.2) is 24.3 Å². The molecule has 1 aliphatic rings. The number of ether oxygens (including phenoxy) is 2. The fourth-order valence-corrected chi connectivity index (χ4v) is 3.28. The van der Waals surface area contributed by atoms with Gasteiger partial charge < -0.3 is 14.8 Å². The zero-order chi connectivity index (χ0) is 16.7. The van der Waals surface area contributed by atoms with Gasteiger partial charge >= 0.3 is 5.97 Å². The lowest BCUT2D eigenvalue weighted by Gasteiger charge is -2.36. The molecule has 2 rings (SSSR count). The van der Waals surface area contributed by atoms with E-state index in [4.69, 9.17) is 9.47 Å². The maximum atomic E-state index is 12.2. The zero-order valence-corrected chi connectivity index (χ0v) is 14.6. The molecule has 1 N–H and O–H groups in total. The van der Waals surface area contributed by atoms with Crippen molar-refractivity contribution < 1.29 is 14.3 Å². The Hall–Kier alpha value is -1.55. The number of esters is 1. The van der Waals surface area contributed by atoms with Crippen LogP contribution >= 0.6 is 0 Å². The van der Waals surface area contributed by atoms with Crippen LogP contribution in [0.25, 0.3) is 0 Å². The molecule has 0 radical (unpaired) electrons. The van der Waals surface area contributed by atoms with Crippen molar-refractivity contribution in [2.45, 2.75) is 51.6 Å². The molecule has 0 aliphatic carbocycles. The van der Waals surface area contributed by atoms with Gasteiger partial charge in [-0.3, -0.25) is 4.79 Å². The number of rotatable bonds is 7. The number of aryl methyl sites for hydroxylation is 1. The summed E-state index contributed by atoms with van der Waals surface area (Å²) in [6.45, 7) is 6.11. The fourth-order valence-electron chi connectivity index (χ4n) is 3.28. The highest BCUT2D eigenvalue weighted by Gasteiger charge is 2.33. The van der Waals surface area contributed by atoms with Crippen LogP contribution in [-0.4, -0.2) is 31.8 Å². The topological polar surface area (TPSA) is 47.6 Å². The van der Waals surface area contributed by atoms with Gasteiger partial charge in [0.2, 0.25) is 0 Å². The largest absolute Gasteiger partial charge is 0.496 e. The summed E-state index contributed by atoms with van der Waals surface area (Å²) < 4.78 is 11.1. The third-order valence-electron chi connectivity index (χ3n) is 4.72. The number of carbonyl (C=O) groups is 1. The predicted molar refractivity (Wildman–Crippen MR) is 91.7 cm³/mol. The summed E-state index contributed by atoms with van der Waals surface area (Å²) in [7, 11) is 1.68. The number of para-hydroxylation sites is 1. The van der Waals surface area contributed by atoms with Crippen molar-refractivity contribution >= 4 is 5.97 Å². The van der Waals surface area contributed by atoms with E-state index in [-0.39, 0.29) is 11.6 Å². The van der Waals surface area contributed by atoms with Crippen molar-refractivity contribution in [3.8, 4) is 5.75 Å². The average molecular weight is 319 g/mol. The number of hydrogen-bond acceptors (Lipinski definition) is 4. The van der Waals surface area contributed by atoms with Crippen LogP contribution in [0.2, 0.25) is 0 Å². The molecule has 0 spiro atoms. The number of hydrogen-bond donors (Lipinski definition) is 1. The SMILES string of the molecule is COc1ccccc1CCCC(=O)OC(C)(C)C1CCNCC1. The molecule has 1 aliphatic heterocycles. The Morgan fingerprint density at radius 2 is 1.96 bits per heavy atom. The smallest absolute Gasteiger partial charge is 0.306 e. The number of methoxy groups -OCH3 is 1. The molecule has 4 heteroatoms. The number of benzene rings is 1. The van der Waals surface area contributed by atoms with E-state index in [1.54, 1.807) is 7.11 Å². The first-order valence-electron chi connectivity index (χ1n) is 8.57. The summed E-state index contributed by atoms with van der Waals surface area (Å²) >= 11 is 0. The monoisotopic (exact) mass is 319 g/mol. The van der Waals surface area contributed by atoms with Crippen molar-refractivity contribution in [3.05, 3.63) is 29.8 Å². The number of carbonyl (C=O) groups excluding carboxylic acids is 1. The van der Waals surface area contributed by atoms with Crippen LogP contribution in [0.4, 0.5) is 0 Å². The zero-order valence-electron chi connectivity index (χ0n) is 14.6. The minimum absolute atomic E-state index is 0.0940. The van der Waals surface area contributed by atoms with E-state index in [0.29, 0.717) is 12.3 Å². The van der Waals surface area contributed by atoms with E-state index >= 15 is 0 Å². The van der Waals surface area contributed by atoms with Crippen molar-refractivity contribution in [3.63, 3.8) is 0 Å². The third-order valence-corrected chi connectivity index (χ3v) is 4.72. The molecule has 23 heavy (non-hydrogen) atoms. The summed E-state index contributed by atoms with van der Waals surface area (Å²) in [5.41, 5.74) is 0.768. The molecule has 0 aromatic heterocycles. The summed E-state index contributed by atoms with van der Waals surface area (Å²) in [6.07, 6.45) is 4.20. The molecule has 1 aromatic carbocycles. The van der Waals surface area contributed by atoms with E-state index in [9.17, 15) is 4.79 Å². The Morgan fingerprint density at radius 3 is 2.65 bits per heavy atom. The second-order valence-electron chi connectivity index (χ2n) is 6.77. The average Bonchev–Trinajstić information content (AvgIpc) is 2.55. The Labute approximate surface area is 139 Å². The van der Waals surface area contributed by atoms with Crippen LogP contribution in [0.5, 0.6) is 5.75 Å². The first kappa shape index (κ1) is 17.8. The van der Waals surface area contributed by atoms with E-state index in [0.717, 1.165) is 50.1 Å². The van der Waals surface area contributed by atoms with Gasteiger partial charge in [0, 0.05) is 12.3 Å². The van der Waals surface area contributed by atoms with Gasteiger partial charge in [0.15, 0.2) is 0 Å².